The van der Waals surface area contributed by atoms with Gasteiger partial charge in [0.25, 0.3) is 0 Å². The van der Waals surface area contributed by atoms with E-state index < -0.39 is 17.8 Å². The van der Waals surface area contributed by atoms with Crippen LogP contribution in [-0.4, -0.2) is 35.7 Å². The number of anilines is 1. The molecule has 2 heterocycles. The maximum Gasteiger partial charge on any atom is 0.449 e. The molecule has 0 unspecified atom stereocenters. The van der Waals surface area contributed by atoms with Crippen molar-refractivity contribution in [3.63, 3.8) is 0 Å². The van der Waals surface area contributed by atoms with Crippen LogP contribution >= 0.6 is 0 Å². The Kier molecular flexibility index (Phi) is 4.51. The van der Waals surface area contributed by atoms with Crippen LogP contribution in [0.1, 0.15) is 11.4 Å². The van der Waals surface area contributed by atoms with Gasteiger partial charge >= 0.3 is 6.18 Å². The van der Waals surface area contributed by atoms with Gasteiger partial charge in [0.1, 0.15) is 11.3 Å². The molecule has 1 aliphatic rings. The van der Waals surface area contributed by atoms with Crippen LogP contribution in [-0.2, 0) is 12.7 Å². The van der Waals surface area contributed by atoms with Crippen molar-refractivity contribution in [3.8, 4) is 0 Å². The Morgan fingerprint density at radius 2 is 1.78 bits per heavy atom. The predicted octanol–water partition coefficient (Wildman–Crippen LogP) is 3.65. The SMILES string of the molecule is Fc1cccc(Cn2c(C(F)(F)F)nc3c(N4CCNCC4)cccc32)c1. The molecule has 0 atom stereocenters. The van der Waals surface area contributed by atoms with Crippen molar-refractivity contribution in [1.29, 1.82) is 0 Å². The molecule has 1 fully saturated rings. The van der Waals surface area contributed by atoms with E-state index in [4.69, 9.17) is 0 Å². The number of nitrogens with zero attached hydrogens (tertiary/aromatic N) is 3. The average Bonchev–Trinajstić information content (AvgIpc) is 3.01. The lowest BCUT2D eigenvalue weighted by atomic mass is 10.2. The molecular weight excluding hydrogens is 360 g/mol. The molecule has 3 aromatic rings. The minimum absolute atomic E-state index is 0.103. The van der Waals surface area contributed by atoms with Crippen LogP contribution in [0.5, 0.6) is 0 Å². The summed E-state index contributed by atoms with van der Waals surface area (Å²) in [4.78, 5) is 6.00. The number of nitrogens with one attached hydrogen (secondary N) is 1. The van der Waals surface area contributed by atoms with Crippen LogP contribution in [0, 0.1) is 5.82 Å². The van der Waals surface area contributed by atoms with Crippen LogP contribution in [0.25, 0.3) is 11.0 Å². The topological polar surface area (TPSA) is 33.1 Å². The molecule has 1 N–H and O–H groups in total. The van der Waals surface area contributed by atoms with E-state index in [0.717, 1.165) is 17.7 Å². The third-order valence-corrected chi connectivity index (χ3v) is 4.70. The summed E-state index contributed by atoms with van der Waals surface area (Å²) in [6.45, 7) is 2.85. The largest absolute Gasteiger partial charge is 0.449 e. The van der Waals surface area contributed by atoms with Crippen molar-refractivity contribution in [3.05, 3.63) is 59.7 Å². The van der Waals surface area contributed by atoms with Crippen LogP contribution in [0.2, 0.25) is 0 Å². The number of benzene rings is 2. The van der Waals surface area contributed by atoms with Crippen LogP contribution in [0.15, 0.2) is 42.5 Å². The first-order valence-electron chi connectivity index (χ1n) is 8.70. The molecule has 0 spiro atoms. The molecule has 1 aromatic heterocycles. The third kappa shape index (κ3) is 3.49. The zero-order valence-corrected chi connectivity index (χ0v) is 14.4. The fraction of sp³-hybridized carbons (Fsp3) is 0.316. The summed E-state index contributed by atoms with van der Waals surface area (Å²) in [5.74, 6) is -1.45. The second kappa shape index (κ2) is 6.84. The third-order valence-electron chi connectivity index (χ3n) is 4.70. The van der Waals surface area contributed by atoms with E-state index in [1.165, 1.54) is 18.2 Å². The Bertz CT molecular complexity index is 958. The maximum atomic E-state index is 13.7. The molecule has 0 aliphatic carbocycles. The van der Waals surface area contributed by atoms with E-state index >= 15 is 0 Å². The van der Waals surface area contributed by atoms with E-state index in [9.17, 15) is 17.6 Å². The molecule has 142 valence electrons. The van der Waals surface area contributed by atoms with Crippen molar-refractivity contribution < 1.29 is 17.6 Å². The molecule has 2 aromatic carbocycles. The highest BCUT2D eigenvalue weighted by Crippen LogP contribution is 2.35. The maximum absolute atomic E-state index is 13.7. The number of alkyl halides is 3. The summed E-state index contributed by atoms with van der Waals surface area (Å²) < 4.78 is 55.6. The van der Waals surface area contributed by atoms with Gasteiger partial charge in [-0.05, 0) is 29.8 Å². The number of para-hydroxylation sites is 1. The number of aromatic nitrogens is 2. The lowest BCUT2D eigenvalue weighted by Crippen LogP contribution is -2.43. The number of imidazole rings is 1. The summed E-state index contributed by atoms with van der Waals surface area (Å²) >= 11 is 0. The number of piperazine rings is 1. The van der Waals surface area contributed by atoms with Gasteiger partial charge in [-0.15, -0.1) is 0 Å². The molecule has 4 rings (SSSR count). The van der Waals surface area contributed by atoms with Crippen molar-refractivity contribution in [2.75, 3.05) is 31.1 Å². The number of rotatable bonds is 3. The van der Waals surface area contributed by atoms with E-state index in [1.807, 2.05) is 4.90 Å². The van der Waals surface area contributed by atoms with Gasteiger partial charge in [0.05, 0.1) is 11.2 Å². The normalized spacial score (nSPS) is 15.5. The van der Waals surface area contributed by atoms with Gasteiger partial charge in [-0.25, -0.2) is 9.37 Å². The standard InChI is InChI=1S/C19H18F4N4/c20-14-4-1-3-13(11-14)12-27-16-6-2-5-15(26-9-7-24-8-10-26)17(16)25-18(27)19(21,22)23/h1-6,11,24H,7-10,12H2. The molecule has 0 bridgehead atoms. The summed E-state index contributed by atoms with van der Waals surface area (Å²) in [5.41, 5.74) is 1.86. The van der Waals surface area contributed by atoms with Crippen molar-refractivity contribution in [2.24, 2.45) is 0 Å². The average molecular weight is 378 g/mol. The van der Waals surface area contributed by atoms with E-state index in [2.05, 4.69) is 10.3 Å². The first kappa shape index (κ1) is 17.8. The van der Waals surface area contributed by atoms with Gasteiger partial charge in [0, 0.05) is 32.7 Å². The predicted molar refractivity (Wildman–Crippen MR) is 95.3 cm³/mol. The van der Waals surface area contributed by atoms with E-state index in [0.29, 0.717) is 35.4 Å². The second-order valence-corrected chi connectivity index (χ2v) is 6.53. The summed E-state index contributed by atoms with van der Waals surface area (Å²) in [6.07, 6.45) is -4.60. The Morgan fingerprint density at radius 1 is 1.04 bits per heavy atom. The van der Waals surface area contributed by atoms with Crippen LogP contribution in [0.4, 0.5) is 23.2 Å². The molecule has 8 heteroatoms. The molecule has 4 nitrogen and oxygen atoms in total. The van der Waals surface area contributed by atoms with Gasteiger partial charge in [0.15, 0.2) is 0 Å². The van der Waals surface area contributed by atoms with Crippen molar-refractivity contribution in [1.82, 2.24) is 14.9 Å². The molecule has 1 saturated heterocycles. The Balaban J connectivity index is 1.85. The molecule has 0 amide bonds. The van der Waals surface area contributed by atoms with Crippen molar-refractivity contribution >= 4 is 16.7 Å². The molecule has 0 saturated carbocycles. The number of hydrogen-bond donors (Lipinski definition) is 1. The monoisotopic (exact) mass is 378 g/mol. The zero-order chi connectivity index (χ0) is 19.0. The Morgan fingerprint density at radius 3 is 2.48 bits per heavy atom. The van der Waals surface area contributed by atoms with E-state index in [1.54, 1.807) is 24.3 Å². The van der Waals surface area contributed by atoms with Gasteiger partial charge < -0.3 is 14.8 Å². The first-order valence-corrected chi connectivity index (χ1v) is 8.70. The quantitative estimate of drug-likeness (QED) is 0.707. The minimum Gasteiger partial charge on any atom is -0.367 e. The van der Waals surface area contributed by atoms with E-state index in [-0.39, 0.29) is 6.54 Å². The number of halogens is 4. The molecule has 0 radical (unpaired) electrons. The summed E-state index contributed by atoms with van der Waals surface area (Å²) in [6, 6.07) is 10.8. The Labute approximate surface area is 153 Å². The zero-order valence-electron chi connectivity index (χ0n) is 14.4. The van der Waals surface area contributed by atoms with Gasteiger partial charge in [-0.3, -0.25) is 0 Å². The van der Waals surface area contributed by atoms with Gasteiger partial charge in [-0.1, -0.05) is 18.2 Å². The lowest BCUT2D eigenvalue weighted by Gasteiger charge is -2.29. The van der Waals surface area contributed by atoms with Gasteiger partial charge in [0.2, 0.25) is 5.82 Å². The van der Waals surface area contributed by atoms with Crippen molar-refractivity contribution in [2.45, 2.75) is 12.7 Å². The first-order chi connectivity index (χ1) is 12.9. The Hall–Kier alpha value is -2.61. The molecule has 27 heavy (non-hydrogen) atoms. The van der Waals surface area contributed by atoms with Crippen LogP contribution in [0.3, 0.4) is 0 Å². The fourth-order valence-electron chi connectivity index (χ4n) is 3.49. The fourth-order valence-corrected chi connectivity index (χ4v) is 3.49. The molecule has 1 aliphatic heterocycles. The van der Waals surface area contributed by atoms with Crippen LogP contribution < -0.4 is 10.2 Å². The minimum atomic E-state index is -4.60. The number of fused-ring (bicyclic) bond motifs is 1. The highest BCUT2D eigenvalue weighted by atomic mass is 19.4. The van der Waals surface area contributed by atoms with Gasteiger partial charge in [-0.2, -0.15) is 13.2 Å². The number of hydrogen-bond acceptors (Lipinski definition) is 3. The summed E-state index contributed by atoms with van der Waals surface area (Å²) in [5, 5.41) is 3.23. The smallest absolute Gasteiger partial charge is 0.367 e. The highest BCUT2D eigenvalue weighted by Gasteiger charge is 2.38. The lowest BCUT2D eigenvalue weighted by molar-refractivity contribution is -0.146. The molecular formula is C19H18F4N4. The summed E-state index contributed by atoms with van der Waals surface area (Å²) in [7, 11) is 0. The second-order valence-electron chi connectivity index (χ2n) is 6.53. The highest BCUT2D eigenvalue weighted by molar-refractivity contribution is 5.89.